The van der Waals surface area contributed by atoms with Crippen LogP contribution < -0.4 is 9.46 Å². The van der Waals surface area contributed by atoms with Crippen LogP contribution in [0.25, 0.3) is 10.8 Å². The van der Waals surface area contributed by atoms with Gasteiger partial charge in [0, 0.05) is 26.4 Å². The number of halogens is 2. The highest BCUT2D eigenvalue weighted by Crippen LogP contribution is 2.37. The fourth-order valence-corrected chi connectivity index (χ4v) is 4.24. The lowest BCUT2D eigenvalue weighted by Gasteiger charge is -2.12. The molecule has 0 radical (unpaired) electrons. The van der Waals surface area contributed by atoms with Crippen molar-refractivity contribution in [1.82, 2.24) is 0 Å². The normalized spacial score (nSPS) is 10.8. The van der Waals surface area contributed by atoms with Crippen molar-refractivity contribution >= 4 is 57.6 Å². The summed E-state index contributed by atoms with van der Waals surface area (Å²) in [5.41, 5.74) is 0.639. The Morgan fingerprint density at radius 3 is 2.32 bits per heavy atom. The lowest BCUT2D eigenvalue weighted by molar-refractivity contribution is 0.0693. The maximum Gasteiger partial charge on any atom is 0.339 e. The van der Waals surface area contributed by atoms with Gasteiger partial charge in [0.2, 0.25) is 0 Å². The molecule has 0 aliphatic rings. The monoisotopic (exact) mass is 471 g/mol. The minimum atomic E-state index is -1.19. The molecule has 0 heterocycles. The van der Waals surface area contributed by atoms with Gasteiger partial charge in [-0.05, 0) is 60.5 Å². The zero-order valence-corrected chi connectivity index (χ0v) is 18.1. The Bertz CT molecular complexity index is 1280. The van der Waals surface area contributed by atoms with E-state index in [4.69, 9.17) is 27.9 Å². The summed E-state index contributed by atoms with van der Waals surface area (Å²) >= 11 is 13.3. The molecule has 0 unspecified atom stereocenters. The van der Waals surface area contributed by atoms with E-state index in [1.807, 2.05) is 24.3 Å². The molecule has 0 saturated heterocycles. The first kappa shape index (κ1) is 21.2. The van der Waals surface area contributed by atoms with Gasteiger partial charge in [0.1, 0.15) is 22.8 Å². The molecule has 0 bridgehead atoms. The number of hydrogen-bond acceptors (Lipinski definition) is 5. The molecule has 4 aromatic carbocycles. The van der Waals surface area contributed by atoms with E-state index in [1.54, 1.807) is 42.5 Å². The van der Waals surface area contributed by atoms with Crippen LogP contribution in [0.2, 0.25) is 10.0 Å². The number of benzene rings is 4. The van der Waals surface area contributed by atoms with Crippen LogP contribution in [0.3, 0.4) is 0 Å². The van der Waals surface area contributed by atoms with E-state index in [-0.39, 0.29) is 11.3 Å². The van der Waals surface area contributed by atoms with E-state index in [0.717, 1.165) is 11.1 Å². The Balaban J connectivity index is 1.53. The summed E-state index contributed by atoms with van der Waals surface area (Å²) in [7, 11) is 0. The second kappa shape index (κ2) is 8.98. The maximum absolute atomic E-state index is 11.5. The Kier molecular flexibility index (Phi) is 6.13. The molecule has 4 rings (SSSR count). The first-order chi connectivity index (χ1) is 14.9. The summed E-state index contributed by atoms with van der Waals surface area (Å²) < 4.78 is 8.97. The average Bonchev–Trinajstić information content (AvgIpc) is 2.76. The van der Waals surface area contributed by atoms with Gasteiger partial charge in [-0.1, -0.05) is 47.5 Å². The molecular weight excluding hydrogens is 457 g/mol. The number of carboxylic acid groups (broad SMARTS) is 1. The van der Waals surface area contributed by atoms with E-state index in [2.05, 4.69) is 4.72 Å². The number of phenols is 1. The summed E-state index contributed by atoms with van der Waals surface area (Å²) in [5.74, 6) is -0.330. The molecule has 4 aromatic rings. The van der Waals surface area contributed by atoms with Crippen molar-refractivity contribution in [3.05, 3.63) is 88.4 Å². The van der Waals surface area contributed by atoms with Crippen LogP contribution in [0.15, 0.2) is 77.7 Å². The number of aromatic hydroxyl groups is 1. The summed E-state index contributed by atoms with van der Waals surface area (Å²) in [6.07, 6.45) is 0. The van der Waals surface area contributed by atoms with Crippen molar-refractivity contribution in [2.24, 2.45) is 0 Å². The summed E-state index contributed by atoms with van der Waals surface area (Å²) in [4.78, 5) is 12.2. The molecule has 0 spiro atoms. The van der Waals surface area contributed by atoms with Crippen LogP contribution in [-0.2, 0) is 0 Å². The predicted octanol–water partition coefficient (Wildman–Crippen LogP) is 7.46. The van der Waals surface area contributed by atoms with Gasteiger partial charge in [-0.25, -0.2) is 4.79 Å². The zero-order chi connectivity index (χ0) is 22.0. The van der Waals surface area contributed by atoms with Crippen LogP contribution in [0.4, 0.5) is 5.69 Å². The summed E-state index contributed by atoms with van der Waals surface area (Å²) in [5, 5.41) is 21.9. The number of rotatable bonds is 6. The van der Waals surface area contributed by atoms with E-state index in [9.17, 15) is 15.0 Å². The van der Waals surface area contributed by atoms with Crippen molar-refractivity contribution in [2.75, 3.05) is 4.72 Å². The van der Waals surface area contributed by atoms with Gasteiger partial charge in [-0.2, -0.15) is 0 Å². The van der Waals surface area contributed by atoms with Crippen LogP contribution in [-0.4, -0.2) is 16.2 Å². The van der Waals surface area contributed by atoms with Gasteiger partial charge >= 0.3 is 5.97 Å². The van der Waals surface area contributed by atoms with Crippen LogP contribution in [0, 0.1) is 0 Å². The first-order valence-corrected chi connectivity index (χ1v) is 10.6. The van der Waals surface area contributed by atoms with E-state index >= 15 is 0 Å². The molecular formula is C23H15Cl2NO4S. The van der Waals surface area contributed by atoms with Gasteiger partial charge < -0.3 is 19.7 Å². The highest BCUT2D eigenvalue weighted by atomic mass is 35.5. The Hall–Kier alpha value is -3.06. The van der Waals surface area contributed by atoms with Crippen molar-refractivity contribution in [1.29, 1.82) is 0 Å². The second-order valence-electron chi connectivity index (χ2n) is 6.53. The molecule has 0 amide bonds. The highest BCUT2D eigenvalue weighted by molar-refractivity contribution is 8.00. The Morgan fingerprint density at radius 1 is 0.935 bits per heavy atom. The predicted molar refractivity (Wildman–Crippen MR) is 125 cm³/mol. The van der Waals surface area contributed by atoms with Crippen molar-refractivity contribution in [3.63, 3.8) is 0 Å². The first-order valence-electron chi connectivity index (χ1n) is 9.06. The number of nitrogens with one attached hydrogen (secondary N) is 1. The molecule has 0 aromatic heterocycles. The molecule has 0 atom stereocenters. The van der Waals surface area contributed by atoms with Gasteiger partial charge in [-0.3, -0.25) is 0 Å². The number of carboxylic acids is 1. The van der Waals surface area contributed by atoms with E-state index in [0.29, 0.717) is 31.8 Å². The minimum Gasteiger partial charge on any atom is -0.506 e. The highest BCUT2D eigenvalue weighted by Gasteiger charge is 2.16. The second-order valence-corrected chi connectivity index (χ2v) is 8.22. The number of aromatic carboxylic acids is 1. The molecule has 3 N–H and O–H groups in total. The fourth-order valence-electron chi connectivity index (χ4n) is 2.96. The number of ether oxygens (including phenoxy) is 1. The average molecular weight is 472 g/mol. The fraction of sp³-hybridized carbons (Fsp3) is 0. The summed E-state index contributed by atoms with van der Waals surface area (Å²) in [6, 6.07) is 20.8. The third-order valence-electron chi connectivity index (χ3n) is 4.46. The minimum absolute atomic E-state index is 0.147. The summed E-state index contributed by atoms with van der Waals surface area (Å²) in [6.45, 7) is 0. The van der Waals surface area contributed by atoms with E-state index in [1.165, 1.54) is 18.0 Å². The maximum atomic E-state index is 11.5. The number of anilines is 1. The van der Waals surface area contributed by atoms with Gasteiger partial charge in [0.25, 0.3) is 0 Å². The zero-order valence-electron chi connectivity index (χ0n) is 15.8. The van der Waals surface area contributed by atoms with E-state index < -0.39 is 5.97 Å². The number of carbonyl (C=O) groups is 1. The molecule has 0 aliphatic carbocycles. The lowest BCUT2D eigenvalue weighted by atomic mass is 10.1. The number of hydrogen-bond donors (Lipinski definition) is 3. The van der Waals surface area contributed by atoms with Gasteiger partial charge in [-0.15, -0.1) is 0 Å². The topological polar surface area (TPSA) is 78.8 Å². The number of fused-ring (bicyclic) bond motifs is 1. The molecule has 156 valence electrons. The largest absolute Gasteiger partial charge is 0.506 e. The third kappa shape index (κ3) is 4.66. The standard InChI is InChI=1S/C23H15Cl2NO4S/c24-13-5-10-20(19(25)11-13)30-15-8-6-14(7-9-15)26-31-21-12-18(23(28)29)22(27)17-4-2-1-3-16(17)21/h1-12,26-27H,(H,28,29). The molecule has 8 heteroatoms. The van der Waals surface area contributed by atoms with Crippen molar-refractivity contribution in [3.8, 4) is 17.2 Å². The van der Waals surface area contributed by atoms with Crippen LogP contribution in [0.1, 0.15) is 10.4 Å². The molecule has 31 heavy (non-hydrogen) atoms. The van der Waals surface area contributed by atoms with Crippen molar-refractivity contribution < 1.29 is 19.7 Å². The quantitative estimate of drug-likeness (QED) is 0.253. The Morgan fingerprint density at radius 2 is 1.65 bits per heavy atom. The molecule has 5 nitrogen and oxygen atoms in total. The van der Waals surface area contributed by atoms with Crippen molar-refractivity contribution in [2.45, 2.75) is 4.90 Å². The van der Waals surface area contributed by atoms with Crippen LogP contribution in [0.5, 0.6) is 17.2 Å². The SMILES string of the molecule is O=C(O)c1cc(SNc2ccc(Oc3ccc(Cl)cc3Cl)cc2)c2ccccc2c1O. The Labute approximate surface area is 192 Å². The smallest absolute Gasteiger partial charge is 0.339 e. The molecule has 0 saturated carbocycles. The lowest BCUT2D eigenvalue weighted by Crippen LogP contribution is -1.99. The molecule has 0 fully saturated rings. The van der Waals surface area contributed by atoms with Crippen LogP contribution >= 0.6 is 35.1 Å². The van der Waals surface area contributed by atoms with Gasteiger partial charge in [0.05, 0.1) is 5.02 Å². The third-order valence-corrected chi connectivity index (χ3v) is 5.89. The molecule has 0 aliphatic heterocycles. The van der Waals surface area contributed by atoms with Gasteiger partial charge in [0.15, 0.2) is 0 Å².